The molecule has 3 aromatic heterocycles. The first-order chi connectivity index (χ1) is 24.1. The van der Waals surface area contributed by atoms with Crippen LogP contribution < -0.4 is 0 Å². The zero-order valence-electron chi connectivity index (χ0n) is 29.2. The van der Waals surface area contributed by atoms with E-state index in [0.29, 0.717) is 41.5 Å². The molecule has 0 unspecified atom stereocenters. The summed E-state index contributed by atoms with van der Waals surface area (Å²) in [6.07, 6.45) is 13.7. The summed E-state index contributed by atoms with van der Waals surface area (Å²) in [5.74, 6) is 0.352. The van der Waals surface area contributed by atoms with Gasteiger partial charge in [-0.15, -0.1) is 0 Å². The van der Waals surface area contributed by atoms with Crippen molar-refractivity contribution >= 4 is 44.3 Å². The summed E-state index contributed by atoms with van der Waals surface area (Å²) in [5.41, 5.74) is 5.41. The van der Waals surface area contributed by atoms with Crippen LogP contribution in [0.25, 0.3) is 22.0 Å². The highest BCUT2D eigenvalue weighted by molar-refractivity contribution is 9.10. The van der Waals surface area contributed by atoms with Gasteiger partial charge in [0.2, 0.25) is 5.91 Å². The Labute approximate surface area is 301 Å². The number of hydrogen-bond acceptors (Lipinski definition) is 8. The number of ether oxygens (including phenoxy) is 1. The van der Waals surface area contributed by atoms with Gasteiger partial charge in [-0.3, -0.25) is 19.1 Å². The molecule has 5 heterocycles. The molecule has 11 heteroatoms. The van der Waals surface area contributed by atoms with Crippen LogP contribution in [-0.2, 0) is 33.7 Å². The van der Waals surface area contributed by atoms with Crippen molar-refractivity contribution in [1.29, 1.82) is 0 Å². The van der Waals surface area contributed by atoms with Gasteiger partial charge in [0.05, 0.1) is 30.3 Å². The molecule has 0 spiro atoms. The molecule has 1 saturated heterocycles. The van der Waals surface area contributed by atoms with Crippen LogP contribution in [0.5, 0.6) is 0 Å². The average Bonchev–Trinajstić information content (AvgIpc) is 3.49. The van der Waals surface area contributed by atoms with Crippen molar-refractivity contribution < 1.29 is 19.1 Å². The minimum absolute atomic E-state index is 0.0128. The summed E-state index contributed by atoms with van der Waals surface area (Å²) in [6.45, 7) is 6.52. The summed E-state index contributed by atoms with van der Waals surface area (Å²) < 4.78 is 8.63. The predicted molar refractivity (Wildman–Crippen MR) is 194 cm³/mol. The molecule has 3 atom stereocenters. The minimum atomic E-state index is -0.572. The van der Waals surface area contributed by atoms with Gasteiger partial charge in [-0.25, -0.2) is 15.0 Å². The van der Waals surface area contributed by atoms with Crippen LogP contribution in [0.1, 0.15) is 97.8 Å². The molecule has 4 aromatic rings. The molecule has 262 valence electrons. The number of aryl methyl sites for hydroxylation is 3. The third kappa shape index (κ3) is 7.04. The second kappa shape index (κ2) is 14.4. The molecular weight excluding hydrogens is 696 g/mol. The molecule has 3 aliphatic rings. The Morgan fingerprint density at radius 1 is 0.980 bits per heavy atom. The van der Waals surface area contributed by atoms with E-state index in [-0.39, 0.29) is 41.9 Å². The van der Waals surface area contributed by atoms with Crippen molar-refractivity contribution in [2.75, 3.05) is 13.2 Å². The van der Waals surface area contributed by atoms with Gasteiger partial charge in [-0.2, -0.15) is 5.10 Å². The van der Waals surface area contributed by atoms with E-state index in [0.717, 1.165) is 78.1 Å². The number of halogens is 1. The smallest absolute Gasteiger partial charge is 0.245 e. The molecule has 0 N–H and O–H groups in total. The number of carbonyl (C=O) groups is 3. The lowest BCUT2D eigenvalue weighted by molar-refractivity contribution is -0.139. The van der Waals surface area contributed by atoms with E-state index in [1.165, 1.54) is 19.8 Å². The normalized spacial score (nSPS) is 23.2. The van der Waals surface area contributed by atoms with Crippen LogP contribution in [-0.4, -0.2) is 72.4 Å². The van der Waals surface area contributed by atoms with E-state index in [9.17, 15) is 14.4 Å². The Hall–Kier alpha value is -3.83. The molecule has 2 bridgehead atoms. The third-order valence-electron chi connectivity index (χ3n) is 10.9. The fourth-order valence-corrected chi connectivity index (χ4v) is 8.39. The van der Waals surface area contributed by atoms with Gasteiger partial charge >= 0.3 is 0 Å². The van der Waals surface area contributed by atoms with Crippen LogP contribution >= 0.6 is 15.9 Å². The highest BCUT2D eigenvalue weighted by Crippen LogP contribution is 2.60. The third-order valence-corrected chi connectivity index (χ3v) is 11.3. The summed E-state index contributed by atoms with van der Waals surface area (Å²) in [5, 5.41) is 5.53. The van der Waals surface area contributed by atoms with Crippen LogP contribution in [0, 0.1) is 19.3 Å². The first kappa shape index (κ1) is 34.6. The van der Waals surface area contributed by atoms with Crippen molar-refractivity contribution in [2.24, 2.45) is 5.41 Å². The van der Waals surface area contributed by atoms with Gasteiger partial charge < -0.3 is 9.64 Å². The fourth-order valence-electron chi connectivity index (χ4n) is 8.04. The molecule has 7 rings (SSSR count). The van der Waals surface area contributed by atoms with E-state index in [4.69, 9.17) is 9.84 Å². The lowest BCUT2D eigenvalue weighted by atomic mass is 9.95. The van der Waals surface area contributed by atoms with Gasteiger partial charge in [0.1, 0.15) is 22.7 Å². The second-order valence-electron chi connectivity index (χ2n) is 14.5. The van der Waals surface area contributed by atoms with Gasteiger partial charge in [-0.05, 0) is 96.8 Å². The monoisotopic (exact) mass is 740 g/mol. The zero-order valence-corrected chi connectivity index (χ0v) is 30.8. The van der Waals surface area contributed by atoms with E-state index < -0.39 is 6.04 Å². The molecule has 2 aliphatic heterocycles. The van der Waals surface area contributed by atoms with E-state index in [1.807, 2.05) is 49.3 Å². The quantitative estimate of drug-likeness (QED) is 0.159. The highest BCUT2D eigenvalue weighted by atomic mass is 79.9. The first-order valence-electron chi connectivity index (χ1n) is 18.0. The first-order valence-corrected chi connectivity index (χ1v) is 18.8. The van der Waals surface area contributed by atoms with Crippen molar-refractivity contribution in [3.63, 3.8) is 0 Å². The summed E-state index contributed by atoms with van der Waals surface area (Å²) in [6, 6.07) is 7.31. The SMILES string of the molecule is CC(=O)c1nn2c3c(cc(-c4cnc(C)nc4)cc13)CCCCCCCCCOC[C@@]13C[C@@H](C(=O)Cc4nc(Br)ccc4C)N(C(=O)C2)[C@@H]1C3. The Bertz CT molecular complexity index is 1940. The molecule has 50 heavy (non-hydrogen) atoms. The molecule has 10 nitrogen and oxygen atoms in total. The largest absolute Gasteiger partial charge is 0.381 e. The summed E-state index contributed by atoms with van der Waals surface area (Å²) in [4.78, 5) is 56.9. The molecule has 0 radical (unpaired) electrons. The van der Waals surface area contributed by atoms with Crippen molar-refractivity contribution in [3.05, 3.63) is 69.6 Å². The van der Waals surface area contributed by atoms with Gasteiger partial charge in [0.15, 0.2) is 11.6 Å². The minimum Gasteiger partial charge on any atom is -0.381 e. The standard InChI is InChI=1S/C39H45BrN6O4/c1-24-12-13-35(40)43-31(24)17-33(48)32-18-39-19-34(39)46(32)36(49)22-45-38-27(11-9-7-5-4-6-8-10-14-50-23-39)15-28(29-20-41-26(3)42-21-29)16-30(38)37(44-45)25(2)47/h12-13,15-16,20-21,32,34H,4-11,14,17-19,22-23H2,1-3H3/t32-,34+,39-/m0/s1. The Balaban J connectivity index is 1.27. The van der Waals surface area contributed by atoms with E-state index >= 15 is 0 Å². The number of ketones is 2. The molecule has 1 amide bonds. The number of aromatic nitrogens is 5. The lowest BCUT2D eigenvalue weighted by Crippen LogP contribution is -2.45. The predicted octanol–water partition coefficient (Wildman–Crippen LogP) is 6.95. The number of hydrogen-bond donors (Lipinski definition) is 0. The Kier molecular flexibility index (Phi) is 9.98. The molecule has 1 aliphatic carbocycles. The number of carbonyl (C=O) groups excluding carboxylic acids is 3. The molecule has 1 aromatic carbocycles. The number of piperidine rings is 1. The van der Waals surface area contributed by atoms with Crippen LogP contribution in [0.3, 0.4) is 0 Å². The number of amides is 1. The van der Waals surface area contributed by atoms with Crippen LogP contribution in [0.2, 0.25) is 0 Å². The molecular formula is C39H45BrN6O4. The van der Waals surface area contributed by atoms with E-state index in [1.54, 1.807) is 4.68 Å². The van der Waals surface area contributed by atoms with Crippen molar-refractivity contribution in [2.45, 2.75) is 110 Å². The van der Waals surface area contributed by atoms with Gasteiger partial charge in [0.25, 0.3) is 0 Å². The van der Waals surface area contributed by atoms with Crippen LogP contribution in [0.15, 0.2) is 41.3 Å². The van der Waals surface area contributed by atoms with Crippen LogP contribution in [0.4, 0.5) is 0 Å². The fraction of sp³-hybridized carbons (Fsp3) is 0.513. The van der Waals surface area contributed by atoms with E-state index in [2.05, 4.69) is 36.9 Å². The number of nitrogens with zero attached hydrogens (tertiary/aromatic N) is 6. The Morgan fingerprint density at radius 2 is 1.72 bits per heavy atom. The molecule has 1 saturated carbocycles. The second-order valence-corrected chi connectivity index (χ2v) is 15.3. The zero-order chi connectivity index (χ0) is 35.0. The topological polar surface area (TPSA) is 120 Å². The maximum absolute atomic E-state index is 14.5. The maximum atomic E-state index is 14.5. The highest BCUT2D eigenvalue weighted by Gasteiger charge is 2.67. The van der Waals surface area contributed by atoms with Crippen molar-refractivity contribution in [3.8, 4) is 11.1 Å². The number of Topliss-reactive ketones (excluding diaryl/α,β-unsaturated/α-hetero) is 2. The van der Waals surface area contributed by atoms with Gasteiger partial charge in [-0.1, -0.05) is 38.2 Å². The lowest BCUT2D eigenvalue weighted by Gasteiger charge is -2.27. The van der Waals surface area contributed by atoms with Gasteiger partial charge in [0, 0.05) is 48.3 Å². The van der Waals surface area contributed by atoms with Crippen molar-refractivity contribution in [1.82, 2.24) is 29.6 Å². The maximum Gasteiger partial charge on any atom is 0.245 e. The summed E-state index contributed by atoms with van der Waals surface area (Å²) >= 11 is 3.45. The average molecular weight is 742 g/mol. The number of pyridine rings is 1. The summed E-state index contributed by atoms with van der Waals surface area (Å²) in [7, 11) is 0. The molecule has 2 fully saturated rings. The number of benzene rings is 1. The Morgan fingerprint density at radius 3 is 2.48 bits per heavy atom. The number of rotatable bonds is 5.